The number of rotatable bonds is 17. The Kier molecular flexibility index (Phi) is 16.3. The second-order valence-corrected chi connectivity index (χ2v) is 8.66. The van der Waals surface area contributed by atoms with E-state index in [0.717, 1.165) is 6.42 Å². The topological polar surface area (TPSA) is 177 Å². The standard InChI is InChI=1S/C18H35N5O5S2/c1-29-9-6-13(17(27)21-11-15(24)25)23-18(28)14(7-10-30-2)22-16(26)12(20)5-3-4-8-19/h12-14H,3-11,19-20H2,1-2H3,(H,21,27)(H,22,26)(H,23,28)(H,24,25). The summed E-state index contributed by atoms with van der Waals surface area (Å²) in [6.07, 6.45) is 6.40. The van der Waals surface area contributed by atoms with Crippen molar-refractivity contribution in [1.29, 1.82) is 0 Å². The molecule has 3 amide bonds. The third kappa shape index (κ3) is 12.9. The molecule has 12 heteroatoms. The van der Waals surface area contributed by atoms with E-state index in [4.69, 9.17) is 16.6 Å². The van der Waals surface area contributed by atoms with E-state index in [1.165, 1.54) is 23.5 Å². The van der Waals surface area contributed by atoms with Gasteiger partial charge in [-0.3, -0.25) is 19.2 Å². The molecule has 0 bridgehead atoms. The van der Waals surface area contributed by atoms with Crippen molar-refractivity contribution < 1.29 is 24.3 Å². The van der Waals surface area contributed by atoms with Gasteiger partial charge in [0, 0.05) is 0 Å². The first-order valence-electron chi connectivity index (χ1n) is 9.80. The van der Waals surface area contributed by atoms with Crippen LogP contribution in [0.4, 0.5) is 0 Å². The first-order valence-corrected chi connectivity index (χ1v) is 12.6. The molecule has 0 saturated heterocycles. The minimum atomic E-state index is -1.17. The number of nitrogens with two attached hydrogens (primary N) is 2. The maximum absolute atomic E-state index is 12.8. The van der Waals surface area contributed by atoms with E-state index < -0.39 is 48.4 Å². The van der Waals surface area contributed by atoms with Gasteiger partial charge in [-0.25, -0.2) is 0 Å². The van der Waals surface area contributed by atoms with E-state index in [1.807, 2.05) is 12.5 Å². The number of unbranched alkanes of at least 4 members (excludes halogenated alkanes) is 1. The van der Waals surface area contributed by atoms with Gasteiger partial charge in [0.05, 0.1) is 6.04 Å². The van der Waals surface area contributed by atoms with Crippen molar-refractivity contribution >= 4 is 47.2 Å². The molecule has 0 aromatic heterocycles. The first kappa shape index (κ1) is 28.5. The van der Waals surface area contributed by atoms with Crippen LogP contribution in [-0.2, 0) is 19.2 Å². The van der Waals surface area contributed by atoms with Crippen molar-refractivity contribution in [3.63, 3.8) is 0 Å². The highest BCUT2D eigenvalue weighted by Crippen LogP contribution is 2.06. The summed E-state index contributed by atoms with van der Waals surface area (Å²) in [6, 6.07) is -2.47. The summed E-state index contributed by atoms with van der Waals surface area (Å²) in [7, 11) is 0. The average Bonchev–Trinajstić information content (AvgIpc) is 2.71. The van der Waals surface area contributed by atoms with Gasteiger partial charge in [0.1, 0.15) is 18.6 Å². The molecule has 8 N–H and O–H groups in total. The Balaban J connectivity index is 5.05. The predicted molar refractivity (Wildman–Crippen MR) is 121 cm³/mol. The van der Waals surface area contributed by atoms with E-state index in [9.17, 15) is 19.2 Å². The number of carbonyl (C=O) groups excluding carboxylic acids is 3. The van der Waals surface area contributed by atoms with Crippen molar-refractivity contribution in [2.45, 2.75) is 50.2 Å². The minimum Gasteiger partial charge on any atom is -0.480 e. The maximum Gasteiger partial charge on any atom is 0.322 e. The summed E-state index contributed by atoms with van der Waals surface area (Å²) in [5.41, 5.74) is 11.4. The number of carbonyl (C=O) groups is 4. The molecule has 10 nitrogen and oxygen atoms in total. The number of aliphatic carboxylic acids is 1. The highest BCUT2D eigenvalue weighted by atomic mass is 32.2. The smallest absolute Gasteiger partial charge is 0.322 e. The van der Waals surface area contributed by atoms with Crippen LogP contribution in [0, 0.1) is 0 Å². The average molecular weight is 466 g/mol. The van der Waals surface area contributed by atoms with Gasteiger partial charge in [0.25, 0.3) is 0 Å². The van der Waals surface area contributed by atoms with E-state index in [1.54, 1.807) is 0 Å². The fraction of sp³-hybridized carbons (Fsp3) is 0.778. The molecule has 0 aromatic rings. The highest BCUT2D eigenvalue weighted by Gasteiger charge is 2.27. The van der Waals surface area contributed by atoms with Crippen LogP contribution in [0.1, 0.15) is 32.1 Å². The van der Waals surface area contributed by atoms with Crippen LogP contribution >= 0.6 is 23.5 Å². The number of thioether (sulfide) groups is 2. The van der Waals surface area contributed by atoms with Gasteiger partial charge in [-0.05, 0) is 56.2 Å². The zero-order valence-electron chi connectivity index (χ0n) is 17.6. The fourth-order valence-corrected chi connectivity index (χ4v) is 3.43. The fourth-order valence-electron chi connectivity index (χ4n) is 2.49. The molecule has 0 saturated carbocycles. The number of hydrogen-bond donors (Lipinski definition) is 6. The third-order valence-electron chi connectivity index (χ3n) is 4.21. The SMILES string of the molecule is CSCCC(NC(=O)C(N)CCCCN)C(=O)NC(CCSC)C(=O)NCC(=O)O. The molecule has 0 fully saturated rings. The lowest BCUT2D eigenvalue weighted by Crippen LogP contribution is -2.56. The molecule has 0 aliphatic rings. The molecular weight excluding hydrogens is 430 g/mol. The Labute approximate surface area is 186 Å². The van der Waals surface area contributed by atoms with Crippen molar-refractivity contribution in [3.8, 4) is 0 Å². The quantitative estimate of drug-likeness (QED) is 0.149. The molecule has 0 radical (unpaired) electrons. The van der Waals surface area contributed by atoms with E-state index in [2.05, 4.69) is 16.0 Å². The molecule has 0 aliphatic carbocycles. The van der Waals surface area contributed by atoms with Crippen molar-refractivity contribution in [2.24, 2.45) is 11.5 Å². The van der Waals surface area contributed by atoms with Crippen LogP contribution in [0.15, 0.2) is 0 Å². The molecule has 0 heterocycles. The second-order valence-electron chi connectivity index (χ2n) is 6.69. The summed E-state index contributed by atoms with van der Waals surface area (Å²) >= 11 is 3.02. The van der Waals surface area contributed by atoms with Crippen molar-refractivity contribution in [1.82, 2.24) is 16.0 Å². The lowest BCUT2D eigenvalue weighted by atomic mass is 10.1. The summed E-state index contributed by atoms with van der Waals surface area (Å²) in [5, 5.41) is 16.3. The van der Waals surface area contributed by atoms with Gasteiger partial charge in [-0.2, -0.15) is 23.5 Å². The van der Waals surface area contributed by atoms with Crippen LogP contribution in [-0.4, -0.2) is 84.0 Å². The molecular formula is C18H35N5O5S2. The number of nitrogens with one attached hydrogen (secondary N) is 3. The van der Waals surface area contributed by atoms with Gasteiger partial charge in [-0.15, -0.1) is 0 Å². The number of carboxylic acid groups (broad SMARTS) is 1. The van der Waals surface area contributed by atoms with E-state index >= 15 is 0 Å². The Hall–Kier alpha value is -1.50. The van der Waals surface area contributed by atoms with Crippen LogP contribution in [0.2, 0.25) is 0 Å². The van der Waals surface area contributed by atoms with Gasteiger partial charge in [0.2, 0.25) is 17.7 Å². The Morgan fingerprint density at radius 1 is 0.867 bits per heavy atom. The highest BCUT2D eigenvalue weighted by molar-refractivity contribution is 7.98. The molecule has 3 unspecified atom stereocenters. The van der Waals surface area contributed by atoms with Gasteiger partial charge < -0.3 is 32.5 Å². The minimum absolute atomic E-state index is 0.333. The molecule has 0 rings (SSSR count). The Bertz CT molecular complexity index is 553. The van der Waals surface area contributed by atoms with Crippen molar-refractivity contribution in [3.05, 3.63) is 0 Å². The van der Waals surface area contributed by atoms with Crippen LogP contribution in [0.25, 0.3) is 0 Å². The predicted octanol–water partition coefficient (Wildman–Crippen LogP) is -0.881. The first-order chi connectivity index (χ1) is 14.3. The zero-order valence-corrected chi connectivity index (χ0v) is 19.3. The van der Waals surface area contributed by atoms with E-state index in [0.29, 0.717) is 43.7 Å². The monoisotopic (exact) mass is 465 g/mol. The lowest BCUT2D eigenvalue weighted by Gasteiger charge is -2.24. The van der Waals surface area contributed by atoms with Gasteiger partial charge >= 0.3 is 5.97 Å². The second kappa shape index (κ2) is 17.2. The summed E-state index contributed by atoms with van der Waals surface area (Å²) < 4.78 is 0. The zero-order chi connectivity index (χ0) is 22.9. The largest absolute Gasteiger partial charge is 0.480 e. The maximum atomic E-state index is 12.8. The number of amides is 3. The van der Waals surface area contributed by atoms with Crippen LogP contribution in [0.3, 0.4) is 0 Å². The summed E-state index contributed by atoms with van der Waals surface area (Å²) in [6.45, 7) is -0.0107. The lowest BCUT2D eigenvalue weighted by molar-refractivity contribution is -0.138. The molecule has 0 spiro atoms. The Morgan fingerprint density at radius 2 is 1.40 bits per heavy atom. The van der Waals surface area contributed by atoms with Crippen LogP contribution in [0.5, 0.6) is 0 Å². The van der Waals surface area contributed by atoms with Crippen LogP contribution < -0.4 is 27.4 Å². The molecule has 0 aromatic carbocycles. The Morgan fingerprint density at radius 3 is 1.90 bits per heavy atom. The molecule has 30 heavy (non-hydrogen) atoms. The van der Waals surface area contributed by atoms with Crippen molar-refractivity contribution in [2.75, 3.05) is 37.1 Å². The number of carboxylic acids is 1. The summed E-state index contributed by atoms with van der Waals surface area (Å²) in [5.74, 6) is -1.45. The summed E-state index contributed by atoms with van der Waals surface area (Å²) in [4.78, 5) is 48.1. The van der Waals surface area contributed by atoms with Gasteiger partial charge in [-0.1, -0.05) is 6.42 Å². The molecule has 0 aliphatic heterocycles. The number of hydrogen-bond acceptors (Lipinski definition) is 8. The normalized spacial score (nSPS) is 13.7. The molecule has 3 atom stereocenters. The van der Waals surface area contributed by atoms with Gasteiger partial charge in [0.15, 0.2) is 0 Å². The third-order valence-corrected chi connectivity index (χ3v) is 5.50. The molecule has 174 valence electrons. The van der Waals surface area contributed by atoms with E-state index in [-0.39, 0.29) is 0 Å².